The van der Waals surface area contributed by atoms with Crippen molar-refractivity contribution in [3.63, 3.8) is 0 Å². The maximum atomic E-state index is 14.0. The Kier molecular flexibility index (Phi) is 4.10. The Balaban J connectivity index is 1.42. The molecule has 1 aliphatic carbocycles. The first-order chi connectivity index (χ1) is 12.0. The standard InChI is InChI=1S/C16H18FN5O2S/c1-9-18-11(8-25-9)15(24)21-4-6-22(7-5-21)16-19-13(10-2-3-10)12(17)14(23)20-16/h8,10,12H,2-7H2,1H3. The van der Waals surface area contributed by atoms with Crippen LogP contribution < -0.4 is 0 Å². The van der Waals surface area contributed by atoms with E-state index in [9.17, 15) is 14.0 Å². The van der Waals surface area contributed by atoms with E-state index >= 15 is 0 Å². The van der Waals surface area contributed by atoms with Gasteiger partial charge in [-0.15, -0.1) is 11.3 Å². The van der Waals surface area contributed by atoms with E-state index in [2.05, 4.69) is 15.0 Å². The van der Waals surface area contributed by atoms with Crippen LogP contribution in [0.2, 0.25) is 0 Å². The molecule has 1 atom stereocenters. The zero-order valence-corrected chi connectivity index (χ0v) is 14.6. The first-order valence-corrected chi connectivity index (χ1v) is 9.22. The Morgan fingerprint density at radius 1 is 1.24 bits per heavy atom. The predicted molar refractivity (Wildman–Crippen MR) is 91.8 cm³/mol. The molecule has 9 heteroatoms. The summed E-state index contributed by atoms with van der Waals surface area (Å²) in [5.74, 6) is -0.474. The number of thiazole rings is 1. The number of rotatable bonds is 2. The molecule has 0 aromatic carbocycles. The number of aromatic nitrogens is 1. The maximum Gasteiger partial charge on any atom is 0.289 e. The molecule has 0 radical (unpaired) electrons. The lowest BCUT2D eigenvalue weighted by Gasteiger charge is -2.35. The molecule has 3 aliphatic rings. The highest BCUT2D eigenvalue weighted by Gasteiger charge is 2.40. The second-order valence-electron chi connectivity index (χ2n) is 6.45. The number of aryl methyl sites for hydroxylation is 1. The van der Waals surface area contributed by atoms with Gasteiger partial charge in [-0.1, -0.05) is 0 Å². The van der Waals surface area contributed by atoms with Crippen molar-refractivity contribution in [1.29, 1.82) is 0 Å². The molecule has 2 amide bonds. The van der Waals surface area contributed by atoms with Crippen LogP contribution in [0.5, 0.6) is 0 Å². The molecular formula is C16H18FN5O2S. The fourth-order valence-electron chi connectivity index (χ4n) is 3.03. The van der Waals surface area contributed by atoms with Gasteiger partial charge in [-0.25, -0.2) is 14.4 Å². The van der Waals surface area contributed by atoms with Crippen LogP contribution in [-0.4, -0.2) is 70.6 Å². The average molecular weight is 363 g/mol. The summed E-state index contributed by atoms with van der Waals surface area (Å²) < 4.78 is 14.0. The van der Waals surface area contributed by atoms with E-state index in [1.807, 2.05) is 11.8 Å². The molecule has 0 spiro atoms. The summed E-state index contributed by atoms with van der Waals surface area (Å²) in [6.07, 6.45) is 0.0802. The van der Waals surface area contributed by atoms with E-state index in [4.69, 9.17) is 0 Å². The molecule has 1 saturated heterocycles. The monoisotopic (exact) mass is 363 g/mol. The number of carbonyl (C=O) groups excluding carboxylic acids is 2. The quantitative estimate of drug-likeness (QED) is 0.793. The van der Waals surface area contributed by atoms with Gasteiger partial charge < -0.3 is 9.80 Å². The van der Waals surface area contributed by atoms with E-state index in [-0.39, 0.29) is 17.8 Å². The van der Waals surface area contributed by atoms with Crippen LogP contribution in [0, 0.1) is 12.8 Å². The smallest absolute Gasteiger partial charge is 0.289 e. The minimum absolute atomic E-state index is 0.0835. The van der Waals surface area contributed by atoms with E-state index in [0.717, 1.165) is 17.8 Å². The van der Waals surface area contributed by atoms with Gasteiger partial charge in [-0.3, -0.25) is 9.59 Å². The second-order valence-corrected chi connectivity index (χ2v) is 7.52. The third-order valence-corrected chi connectivity index (χ3v) is 5.37. The summed E-state index contributed by atoms with van der Waals surface area (Å²) in [6, 6.07) is 0. The Morgan fingerprint density at radius 2 is 1.96 bits per heavy atom. The van der Waals surface area contributed by atoms with Crippen molar-refractivity contribution in [3.8, 4) is 0 Å². The lowest BCUT2D eigenvalue weighted by Crippen LogP contribution is -2.51. The van der Waals surface area contributed by atoms with Crippen molar-refractivity contribution in [2.24, 2.45) is 15.9 Å². The molecule has 3 heterocycles. The van der Waals surface area contributed by atoms with Crippen LogP contribution in [0.3, 0.4) is 0 Å². The number of guanidine groups is 1. The van der Waals surface area contributed by atoms with Gasteiger partial charge in [0.15, 0.2) is 0 Å². The molecule has 1 unspecified atom stereocenters. The number of hydrogen-bond acceptors (Lipinski definition) is 6. The number of piperazine rings is 1. The van der Waals surface area contributed by atoms with Crippen molar-refractivity contribution in [2.75, 3.05) is 26.2 Å². The summed E-state index contributed by atoms with van der Waals surface area (Å²) in [7, 11) is 0. The highest BCUT2D eigenvalue weighted by molar-refractivity contribution is 7.09. The number of halogens is 1. The Labute approximate surface area is 148 Å². The Morgan fingerprint density at radius 3 is 2.56 bits per heavy atom. The van der Waals surface area contributed by atoms with Crippen LogP contribution in [0.15, 0.2) is 15.4 Å². The summed E-state index contributed by atoms with van der Waals surface area (Å²) in [6.45, 7) is 3.88. The summed E-state index contributed by atoms with van der Waals surface area (Å²) >= 11 is 1.45. The largest absolute Gasteiger partial charge is 0.337 e. The zero-order chi connectivity index (χ0) is 17.6. The number of aliphatic imine (C=N–C) groups is 2. The molecule has 25 heavy (non-hydrogen) atoms. The lowest BCUT2D eigenvalue weighted by molar-refractivity contribution is -0.120. The van der Waals surface area contributed by atoms with Gasteiger partial charge in [-0.05, 0) is 19.8 Å². The van der Waals surface area contributed by atoms with Crippen molar-refractivity contribution in [3.05, 3.63) is 16.1 Å². The summed E-state index contributed by atoms with van der Waals surface area (Å²) in [5, 5.41) is 2.63. The fourth-order valence-corrected chi connectivity index (χ4v) is 3.62. The predicted octanol–water partition coefficient (Wildman–Crippen LogP) is 1.29. The van der Waals surface area contributed by atoms with E-state index in [0.29, 0.717) is 37.6 Å². The van der Waals surface area contributed by atoms with Gasteiger partial charge in [0.25, 0.3) is 11.8 Å². The Bertz CT molecular complexity index is 777. The topological polar surface area (TPSA) is 78.2 Å². The van der Waals surface area contributed by atoms with Crippen molar-refractivity contribution >= 4 is 34.8 Å². The van der Waals surface area contributed by atoms with Gasteiger partial charge in [-0.2, -0.15) is 4.99 Å². The molecule has 1 aromatic rings. The summed E-state index contributed by atoms with van der Waals surface area (Å²) in [5.41, 5.74) is 0.793. The van der Waals surface area contributed by atoms with Crippen molar-refractivity contribution in [1.82, 2.24) is 14.8 Å². The van der Waals surface area contributed by atoms with Gasteiger partial charge in [0.05, 0.1) is 10.7 Å². The number of nitrogens with zero attached hydrogens (tertiary/aromatic N) is 5. The zero-order valence-electron chi connectivity index (χ0n) is 13.8. The van der Waals surface area contributed by atoms with Gasteiger partial charge in [0, 0.05) is 37.5 Å². The van der Waals surface area contributed by atoms with Crippen LogP contribution in [0.25, 0.3) is 0 Å². The summed E-state index contributed by atoms with van der Waals surface area (Å²) in [4.78, 5) is 40.2. The third-order valence-electron chi connectivity index (χ3n) is 4.60. The van der Waals surface area contributed by atoms with Gasteiger partial charge in [0.1, 0.15) is 5.69 Å². The van der Waals surface area contributed by atoms with Gasteiger partial charge in [0.2, 0.25) is 12.1 Å². The highest BCUT2D eigenvalue weighted by atomic mass is 32.1. The van der Waals surface area contributed by atoms with Crippen molar-refractivity contribution < 1.29 is 14.0 Å². The van der Waals surface area contributed by atoms with Crippen LogP contribution in [0.4, 0.5) is 4.39 Å². The second kappa shape index (κ2) is 6.29. The average Bonchev–Trinajstić information content (AvgIpc) is 3.37. The van der Waals surface area contributed by atoms with Crippen LogP contribution in [0.1, 0.15) is 28.3 Å². The molecule has 2 aliphatic heterocycles. The first-order valence-electron chi connectivity index (χ1n) is 8.34. The van der Waals surface area contributed by atoms with Crippen molar-refractivity contribution in [2.45, 2.75) is 25.9 Å². The molecule has 1 saturated carbocycles. The lowest BCUT2D eigenvalue weighted by atomic mass is 10.1. The third kappa shape index (κ3) is 3.20. The molecule has 0 N–H and O–H groups in total. The maximum absolute atomic E-state index is 14.0. The number of hydrogen-bond donors (Lipinski definition) is 0. The fraction of sp³-hybridized carbons (Fsp3) is 0.562. The minimum Gasteiger partial charge on any atom is -0.337 e. The molecule has 4 rings (SSSR count). The molecule has 132 valence electrons. The minimum atomic E-state index is -1.69. The molecule has 0 bridgehead atoms. The van der Waals surface area contributed by atoms with E-state index < -0.39 is 12.1 Å². The number of alkyl halides is 1. The van der Waals surface area contributed by atoms with Crippen LogP contribution >= 0.6 is 11.3 Å². The number of amides is 2. The van der Waals surface area contributed by atoms with E-state index in [1.165, 1.54) is 11.3 Å². The SMILES string of the molecule is Cc1nc(C(=O)N2CCN(C3=NC(=O)C(F)C(C4CC4)=N3)CC2)cs1. The molecule has 2 fully saturated rings. The molecule has 7 nitrogen and oxygen atoms in total. The number of carbonyl (C=O) groups is 2. The van der Waals surface area contributed by atoms with Crippen LogP contribution in [-0.2, 0) is 4.79 Å². The van der Waals surface area contributed by atoms with Gasteiger partial charge >= 0.3 is 0 Å². The van der Waals surface area contributed by atoms with E-state index in [1.54, 1.807) is 10.3 Å². The molecular weight excluding hydrogens is 345 g/mol. The highest BCUT2D eigenvalue weighted by Crippen LogP contribution is 2.34. The normalized spacial score (nSPS) is 24.2. The Hall–Kier alpha value is -2.16. The first kappa shape index (κ1) is 16.3. The molecule has 1 aromatic heterocycles.